The van der Waals surface area contributed by atoms with Crippen molar-refractivity contribution in [2.75, 3.05) is 0 Å². The van der Waals surface area contributed by atoms with Gasteiger partial charge in [-0.1, -0.05) is 24.3 Å². The fraction of sp³-hybridized carbons (Fsp3) is 0.167. The minimum Gasteiger partial charge on any atom is -0.461 e. The minimum absolute atomic E-state index is 0.0149. The molecule has 0 bridgehead atoms. The van der Waals surface area contributed by atoms with E-state index in [2.05, 4.69) is 5.32 Å². The summed E-state index contributed by atoms with van der Waals surface area (Å²) in [6.45, 7) is 1.98. The number of amides is 1. The molecule has 0 fully saturated rings. The number of carbonyl (C=O) groups is 1. The summed E-state index contributed by atoms with van der Waals surface area (Å²) in [5.74, 6) is 0.799. The van der Waals surface area contributed by atoms with Gasteiger partial charge in [0.2, 0.25) is 5.91 Å². The first kappa shape index (κ1) is 14.6. The van der Waals surface area contributed by atoms with E-state index in [1.54, 1.807) is 17.4 Å². The molecule has 0 spiro atoms. The second-order valence-corrected chi connectivity index (χ2v) is 6.19. The summed E-state index contributed by atoms with van der Waals surface area (Å²) in [6, 6.07) is 13.9. The highest BCUT2D eigenvalue weighted by molar-refractivity contribution is 7.10. The molecule has 0 aliphatic carbocycles. The van der Waals surface area contributed by atoms with Crippen molar-refractivity contribution in [3.8, 4) is 0 Å². The van der Waals surface area contributed by atoms with E-state index in [0.717, 1.165) is 21.6 Å². The predicted octanol–water partition coefficient (Wildman–Crippen LogP) is 4.25. The molecule has 0 saturated heterocycles. The van der Waals surface area contributed by atoms with E-state index >= 15 is 0 Å². The van der Waals surface area contributed by atoms with Gasteiger partial charge in [-0.25, -0.2) is 0 Å². The van der Waals surface area contributed by atoms with Crippen LogP contribution in [-0.2, 0) is 11.2 Å². The fourth-order valence-electron chi connectivity index (χ4n) is 2.33. The Morgan fingerprint density at radius 2 is 2.18 bits per heavy atom. The third-order valence-corrected chi connectivity index (χ3v) is 4.15. The predicted molar refractivity (Wildman–Crippen MR) is 90.9 cm³/mol. The van der Waals surface area contributed by atoms with Crippen LogP contribution in [0, 0.1) is 0 Å². The van der Waals surface area contributed by atoms with Gasteiger partial charge in [-0.3, -0.25) is 4.79 Å². The van der Waals surface area contributed by atoms with Gasteiger partial charge >= 0.3 is 0 Å². The van der Waals surface area contributed by atoms with Crippen molar-refractivity contribution >= 4 is 34.3 Å². The number of furan rings is 1. The number of fused-ring (bicyclic) bond motifs is 1. The molecule has 3 aromatic rings. The van der Waals surface area contributed by atoms with E-state index in [4.69, 9.17) is 4.42 Å². The fourth-order valence-corrected chi connectivity index (χ4v) is 2.94. The molecule has 4 heteroatoms. The van der Waals surface area contributed by atoms with Crippen LogP contribution in [0.15, 0.2) is 58.3 Å². The lowest BCUT2D eigenvalue weighted by Crippen LogP contribution is -2.32. The van der Waals surface area contributed by atoms with Gasteiger partial charge in [-0.2, -0.15) is 0 Å². The third-order valence-electron chi connectivity index (χ3n) is 3.31. The number of benzene rings is 1. The zero-order chi connectivity index (χ0) is 15.4. The van der Waals surface area contributed by atoms with Crippen LogP contribution in [0.2, 0.25) is 0 Å². The molecule has 22 heavy (non-hydrogen) atoms. The minimum atomic E-state index is -0.0861. The highest BCUT2D eigenvalue weighted by atomic mass is 32.1. The maximum Gasteiger partial charge on any atom is 0.244 e. The Morgan fingerprint density at radius 1 is 1.32 bits per heavy atom. The SMILES string of the molecule is CC(Cc1cc2ccccc2o1)NC(=O)C=Cc1cccs1. The monoisotopic (exact) mass is 311 g/mol. The summed E-state index contributed by atoms with van der Waals surface area (Å²) in [7, 11) is 0. The average Bonchev–Trinajstić information content (AvgIpc) is 3.13. The van der Waals surface area contributed by atoms with Crippen molar-refractivity contribution in [3.05, 3.63) is 64.6 Å². The Hall–Kier alpha value is -2.33. The molecule has 1 N–H and O–H groups in total. The van der Waals surface area contributed by atoms with Crippen molar-refractivity contribution in [2.24, 2.45) is 0 Å². The normalized spacial score (nSPS) is 12.8. The number of hydrogen-bond acceptors (Lipinski definition) is 3. The zero-order valence-electron chi connectivity index (χ0n) is 12.3. The Balaban J connectivity index is 1.57. The van der Waals surface area contributed by atoms with E-state index in [-0.39, 0.29) is 11.9 Å². The second-order valence-electron chi connectivity index (χ2n) is 5.21. The Bertz CT molecular complexity index is 753. The number of para-hydroxylation sites is 1. The van der Waals surface area contributed by atoms with Crippen LogP contribution in [0.5, 0.6) is 0 Å². The van der Waals surface area contributed by atoms with Gasteiger partial charge in [-0.15, -0.1) is 11.3 Å². The van der Waals surface area contributed by atoms with Crippen LogP contribution in [0.25, 0.3) is 17.0 Å². The van der Waals surface area contributed by atoms with E-state index in [1.165, 1.54) is 0 Å². The summed E-state index contributed by atoms with van der Waals surface area (Å²) >= 11 is 1.61. The van der Waals surface area contributed by atoms with Gasteiger partial charge < -0.3 is 9.73 Å². The van der Waals surface area contributed by atoms with Crippen LogP contribution in [-0.4, -0.2) is 11.9 Å². The molecular formula is C18H17NO2S. The van der Waals surface area contributed by atoms with Gasteiger partial charge in [0.1, 0.15) is 11.3 Å². The lowest BCUT2D eigenvalue weighted by molar-refractivity contribution is -0.117. The standard InChI is InChI=1S/C18H17NO2S/c1-13(19-18(20)9-8-16-6-4-10-22-16)11-15-12-14-5-2-3-7-17(14)21-15/h2-10,12-13H,11H2,1H3,(H,19,20). The zero-order valence-corrected chi connectivity index (χ0v) is 13.1. The molecule has 3 rings (SSSR count). The van der Waals surface area contributed by atoms with E-state index < -0.39 is 0 Å². The van der Waals surface area contributed by atoms with Crippen LogP contribution >= 0.6 is 11.3 Å². The lowest BCUT2D eigenvalue weighted by atomic mass is 10.2. The molecular weight excluding hydrogens is 294 g/mol. The number of nitrogens with one attached hydrogen (secondary N) is 1. The van der Waals surface area contributed by atoms with Crippen molar-refractivity contribution in [3.63, 3.8) is 0 Å². The van der Waals surface area contributed by atoms with E-state index in [0.29, 0.717) is 6.42 Å². The number of carbonyl (C=O) groups excluding carboxylic acids is 1. The van der Waals surface area contributed by atoms with Gasteiger partial charge in [0.25, 0.3) is 0 Å². The lowest BCUT2D eigenvalue weighted by Gasteiger charge is -2.10. The van der Waals surface area contributed by atoms with Gasteiger partial charge in [-0.05, 0) is 36.6 Å². The summed E-state index contributed by atoms with van der Waals surface area (Å²) in [5.41, 5.74) is 0.883. The van der Waals surface area contributed by atoms with Crippen LogP contribution < -0.4 is 5.32 Å². The van der Waals surface area contributed by atoms with Crippen molar-refractivity contribution in [1.29, 1.82) is 0 Å². The van der Waals surface area contributed by atoms with Crippen molar-refractivity contribution in [2.45, 2.75) is 19.4 Å². The highest BCUT2D eigenvalue weighted by Crippen LogP contribution is 2.19. The highest BCUT2D eigenvalue weighted by Gasteiger charge is 2.10. The van der Waals surface area contributed by atoms with E-state index in [1.807, 2.05) is 60.8 Å². The maximum atomic E-state index is 11.9. The van der Waals surface area contributed by atoms with Crippen molar-refractivity contribution in [1.82, 2.24) is 5.32 Å². The molecule has 1 aromatic carbocycles. The van der Waals surface area contributed by atoms with Gasteiger partial charge in [0.05, 0.1) is 0 Å². The molecule has 0 saturated carbocycles. The Kier molecular flexibility index (Phi) is 4.39. The number of hydrogen-bond donors (Lipinski definition) is 1. The molecule has 0 aliphatic rings. The van der Waals surface area contributed by atoms with Gasteiger partial charge in [0, 0.05) is 28.8 Å². The maximum absolute atomic E-state index is 11.9. The van der Waals surface area contributed by atoms with Crippen molar-refractivity contribution < 1.29 is 9.21 Å². The van der Waals surface area contributed by atoms with Gasteiger partial charge in [0.15, 0.2) is 0 Å². The quantitative estimate of drug-likeness (QED) is 0.716. The van der Waals surface area contributed by atoms with E-state index in [9.17, 15) is 4.79 Å². The topological polar surface area (TPSA) is 42.2 Å². The summed E-state index contributed by atoms with van der Waals surface area (Å²) < 4.78 is 5.77. The molecule has 0 radical (unpaired) electrons. The second kappa shape index (κ2) is 6.62. The Morgan fingerprint density at radius 3 is 2.95 bits per heavy atom. The molecule has 2 heterocycles. The largest absolute Gasteiger partial charge is 0.461 e. The molecule has 1 amide bonds. The third kappa shape index (κ3) is 3.65. The molecule has 0 aliphatic heterocycles. The molecule has 1 atom stereocenters. The van der Waals surface area contributed by atoms with Crippen LogP contribution in [0.4, 0.5) is 0 Å². The first-order chi connectivity index (χ1) is 10.7. The molecule has 112 valence electrons. The summed E-state index contributed by atoms with van der Waals surface area (Å²) in [5, 5.41) is 6.03. The Labute approximate surface area is 133 Å². The number of thiophene rings is 1. The first-order valence-electron chi connectivity index (χ1n) is 7.20. The molecule has 1 unspecified atom stereocenters. The molecule has 2 aromatic heterocycles. The molecule has 3 nitrogen and oxygen atoms in total. The number of rotatable bonds is 5. The smallest absolute Gasteiger partial charge is 0.244 e. The summed E-state index contributed by atoms with van der Waals surface area (Å²) in [4.78, 5) is 13.0. The van der Waals surface area contributed by atoms with Crippen LogP contribution in [0.1, 0.15) is 17.6 Å². The summed E-state index contributed by atoms with van der Waals surface area (Å²) in [6.07, 6.45) is 4.07. The van der Waals surface area contributed by atoms with Crippen LogP contribution in [0.3, 0.4) is 0 Å². The average molecular weight is 311 g/mol. The first-order valence-corrected chi connectivity index (χ1v) is 8.08.